The van der Waals surface area contributed by atoms with E-state index in [1.807, 2.05) is 0 Å². The summed E-state index contributed by atoms with van der Waals surface area (Å²) in [5, 5.41) is 3.04. The maximum absolute atomic E-state index is 11.8. The molecule has 0 atom stereocenters. The molecule has 0 aliphatic rings. The summed E-state index contributed by atoms with van der Waals surface area (Å²) in [4.78, 5) is 35.9. The van der Waals surface area contributed by atoms with E-state index in [1.54, 1.807) is 31.3 Å². The number of likely N-dealkylation sites (N-methyl/N-ethyl adjacent to an activating group) is 1. The van der Waals surface area contributed by atoms with Crippen molar-refractivity contribution in [3.8, 4) is 0 Å². The molecule has 1 rings (SSSR count). The normalized spacial score (nSPS) is 9.86. The van der Waals surface area contributed by atoms with E-state index in [1.165, 1.54) is 12.0 Å². The molecule has 0 heterocycles. The number of hydrogen-bond donors (Lipinski definition) is 1. The van der Waals surface area contributed by atoms with Crippen LogP contribution < -0.4 is 5.32 Å². The molecule has 114 valence electrons. The van der Waals surface area contributed by atoms with Crippen LogP contribution >= 0.6 is 11.6 Å². The molecule has 0 saturated heterocycles. The van der Waals surface area contributed by atoms with Crippen molar-refractivity contribution in [3.05, 3.63) is 34.9 Å². The Hall–Kier alpha value is -2.08. The molecule has 6 nitrogen and oxygen atoms in total. The second-order valence-corrected chi connectivity index (χ2v) is 4.77. The highest BCUT2D eigenvalue weighted by molar-refractivity contribution is 6.30. The van der Waals surface area contributed by atoms with Gasteiger partial charge in [-0.3, -0.25) is 14.4 Å². The first-order chi connectivity index (χ1) is 9.93. The van der Waals surface area contributed by atoms with Gasteiger partial charge in [0.15, 0.2) is 0 Å². The molecule has 0 aromatic heterocycles. The predicted molar refractivity (Wildman–Crippen MR) is 78.1 cm³/mol. The number of hydrogen-bond acceptors (Lipinski definition) is 4. The third-order valence-electron chi connectivity index (χ3n) is 2.81. The van der Waals surface area contributed by atoms with Gasteiger partial charge in [-0.15, -0.1) is 0 Å². The fraction of sp³-hybridized carbons (Fsp3) is 0.357. The number of carbonyl (C=O) groups is 3. The van der Waals surface area contributed by atoms with Crippen LogP contribution in [0, 0.1) is 0 Å². The van der Waals surface area contributed by atoms with E-state index in [0.29, 0.717) is 10.6 Å². The van der Waals surface area contributed by atoms with Gasteiger partial charge >= 0.3 is 5.97 Å². The number of nitrogens with one attached hydrogen (secondary N) is 1. The highest BCUT2D eigenvalue weighted by Gasteiger charge is 2.13. The van der Waals surface area contributed by atoms with Gasteiger partial charge in [0, 0.05) is 24.2 Å². The second kappa shape index (κ2) is 8.26. The van der Waals surface area contributed by atoms with E-state index in [0.717, 1.165) is 0 Å². The lowest BCUT2D eigenvalue weighted by Crippen LogP contribution is -2.39. The van der Waals surface area contributed by atoms with Gasteiger partial charge in [0.05, 0.1) is 20.1 Å². The minimum Gasteiger partial charge on any atom is -0.469 e. The number of esters is 1. The van der Waals surface area contributed by atoms with Crippen LogP contribution in [0.1, 0.15) is 16.8 Å². The van der Waals surface area contributed by atoms with Gasteiger partial charge in [-0.25, -0.2) is 0 Å². The molecule has 0 radical (unpaired) electrons. The van der Waals surface area contributed by atoms with Gasteiger partial charge < -0.3 is 15.0 Å². The predicted octanol–water partition coefficient (Wildman–Crippen LogP) is 1.09. The summed E-state index contributed by atoms with van der Waals surface area (Å²) >= 11 is 5.73. The summed E-state index contributed by atoms with van der Waals surface area (Å²) in [7, 11) is 2.84. The topological polar surface area (TPSA) is 75.7 Å². The fourth-order valence-corrected chi connectivity index (χ4v) is 1.61. The number of amides is 2. The summed E-state index contributed by atoms with van der Waals surface area (Å²) in [6.07, 6.45) is 0.115. The molecule has 1 N–H and O–H groups in total. The molecular weight excluding hydrogens is 296 g/mol. The molecule has 1 aromatic carbocycles. The maximum Gasteiger partial charge on any atom is 0.307 e. The van der Waals surface area contributed by atoms with Crippen LogP contribution in [0.5, 0.6) is 0 Å². The van der Waals surface area contributed by atoms with E-state index >= 15 is 0 Å². The number of rotatable bonds is 6. The summed E-state index contributed by atoms with van der Waals surface area (Å²) in [5.74, 6) is -1.04. The van der Waals surface area contributed by atoms with Crippen LogP contribution in [0.4, 0.5) is 0 Å². The molecule has 0 unspecified atom stereocenters. The Morgan fingerprint density at radius 1 is 1.24 bits per heavy atom. The van der Waals surface area contributed by atoms with Crippen molar-refractivity contribution in [3.63, 3.8) is 0 Å². The molecule has 0 fully saturated rings. The number of ether oxygens (including phenoxy) is 1. The fourth-order valence-electron chi connectivity index (χ4n) is 1.48. The minimum absolute atomic E-state index is 0.115. The molecule has 2 amide bonds. The van der Waals surface area contributed by atoms with Crippen molar-refractivity contribution in [2.45, 2.75) is 6.42 Å². The second-order valence-electron chi connectivity index (χ2n) is 4.33. The smallest absolute Gasteiger partial charge is 0.307 e. The lowest BCUT2D eigenvalue weighted by molar-refractivity contribution is -0.141. The summed E-state index contributed by atoms with van der Waals surface area (Å²) in [6.45, 7) is 0.0987. The monoisotopic (exact) mass is 312 g/mol. The molecule has 0 aliphatic carbocycles. The summed E-state index contributed by atoms with van der Waals surface area (Å²) in [5.41, 5.74) is 0.421. The quantitative estimate of drug-likeness (QED) is 0.798. The lowest BCUT2D eigenvalue weighted by Gasteiger charge is -2.16. The van der Waals surface area contributed by atoms with Gasteiger partial charge in [0.25, 0.3) is 5.91 Å². The number of carbonyl (C=O) groups excluding carboxylic acids is 3. The van der Waals surface area contributed by atoms with E-state index in [4.69, 9.17) is 11.6 Å². The van der Waals surface area contributed by atoms with Gasteiger partial charge in [-0.1, -0.05) is 11.6 Å². The van der Waals surface area contributed by atoms with Crippen molar-refractivity contribution in [2.75, 3.05) is 27.2 Å². The van der Waals surface area contributed by atoms with E-state index < -0.39 is 0 Å². The Labute approximate surface area is 128 Å². The average Bonchev–Trinajstić information content (AvgIpc) is 2.50. The molecule has 7 heteroatoms. The molecular formula is C14H17ClN2O4. The minimum atomic E-state index is -0.389. The first-order valence-electron chi connectivity index (χ1n) is 6.28. The van der Waals surface area contributed by atoms with Crippen molar-refractivity contribution in [1.29, 1.82) is 0 Å². The molecule has 0 spiro atoms. The first-order valence-corrected chi connectivity index (χ1v) is 6.66. The van der Waals surface area contributed by atoms with Crippen LogP contribution in [-0.4, -0.2) is 49.9 Å². The van der Waals surface area contributed by atoms with Crippen LogP contribution in [0.25, 0.3) is 0 Å². The largest absolute Gasteiger partial charge is 0.469 e. The number of nitrogens with zero attached hydrogens (tertiary/aromatic N) is 1. The summed E-state index contributed by atoms with van der Waals surface area (Å²) < 4.78 is 4.49. The summed E-state index contributed by atoms with van der Waals surface area (Å²) in [6, 6.07) is 6.34. The Balaban J connectivity index is 2.39. The Morgan fingerprint density at radius 2 is 1.86 bits per heavy atom. The van der Waals surface area contributed by atoms with Crippen molar-refractivity contribution in [1.82, 2.24) is 10.2 Å². The zero-order valence-corrected chi connectivity index (χ0v) is 12.6. The Kier molecular flexibility index (Phi) is 6.68. The van der Waals surface area contributed by atoms with E-state index in [2.05, 4.69) is 10.1 Å². The number of halogens is 1. The van der Waals surface area contributed by atoms with Crippen LogP contribution in [0.15, 0.2) is 24.3 Å². The Morgan fingerprint density at radius 3 is 2.43 bits per heavy atom. The SMILES string of the molecule is COC(=O)CCN(C)C(=O)CNC(=O)c1ccc(Cl)cc1. The zero-order chi connectivity index (χ0) is 15.8. The van der Waals surface area contributed by atoms with Crippen LogP contribution in [0.3, 0.4) is 0 Å². The van der Waals surface area contributed by atoms with Gasteiger partial charge in [0.2, 0.25) is 5.91 Å². The lowest BCUT2D eigenvalue weighted by atomic mass is 10.2. The molecule has 0 bridgehead atoms. The molecule has 0 aliphatic heterocycles. The number of methoxy groups -OCH3 is 1. The highest BCUT2D eigenvalue weighted by atomic mass is 35.5. The van der Waals surface area contributed by atoms with E-state index in [9.17, 15) is 14.4 Å². The van der Waals surface area contributed by atoms with Crippen molar-refractivity contribution in [2.24, 2.45) is 0 Å². The van der Waals surface area contributed by atoms with Crippen molar-refractivity contribution >= 4 is 29.4 Å². The van der Waals surface area contributed by atoms with Crippen molar-refractivity contribution < 1.29 is 19.1 Å². The molecule has 0 saturated carbocycles. The van der Waals surface area contributed by atoms with Crippen LogP contribution in [0.2, 0.25) is 5.02 Å². The third-order valence-corrected chi connectivity index (χ3v) is 3.06. The number of benzene rings is 1. The standard InChI is InChI=1S/C14H17ClN2O4/c1-17(8-7-13(19)21-2)12(18)9-16-14(20)10-3-5-11(15)6-4-10/h3-6H,7-9H2,1-2H3,(H,16,20). The molecule has 1 aromatic rings. The van der Waals surface area contributed by atoms with Gasteiger partial charge in [0.1, 0.15) is 0 Å². The molecule has 21 heavy (non-hydrogen) atoms. The average molecular weight is 313 g/mol. The third kappa shape index (κ3) is 5.83. The maximum atomic E-state index is 11.8. The zero-order valence-electron chi connectivity index (χ0n) is 11.9. The Bertz CT molecular complexity index is 516. The van der Waals surface area contributed by atoms with E-state index in [-0.39, 0.29) is 37.3 Å². The van der Waals surface area contributed by atoms with Crippen LogP contribution in [-0.2, 0) is 14.3 Å². The van der Waals surface area contributed by atoms with Gasteiger partial charge in [-0.2, -0.15) is 0 Å². The first kappa shape index (κ1) is 17.0. The van der Waals surface area contributed by atoms with Gasteiger partial charge in [-0.05, 0) is 24.3 Å². The highest BCUT2D eigenvalue weighted by Crippen LogP contribution is 2.09.